The second kappa shape index (κ2) is 7.80. The normalized spacial score (nSPS) is 11.3. The van der Waals surface area contributed by atoms with E-state index in [1.165, 1.54) is 0 Å². The highest BCUT2D eigenvalue weighted by molar-refractivity contribution is 6.25. The standard InChI is InChI=1S/C12H7NO2.C4H6.C2H6/c14-11-8-5-1-3-7-4-2-6-9(10(7)8)12(15)13-11;1-3-4-2;1-2/h1-6H,(H,13,14,15);3-4H,1-2H2;1-2H3. The molecule has 3 nitrogen and oxygen atoms in total. The zero-order valence-electron chi connectivity index (χ0n) is 12.3. The maximum Gasteiger partial charge on any atom is 0.258 e. The maximum atomic E-state index is 11.6. The lowest BCUT2D eigenvalue weighted by molar-refractivity contribution is 0.0845. The molecule has 0 unspecified atom stereocenters. The SMILES string of the molecule is C=CC=C.CC.O=C1NC(=O)c2cccc3cccc1c23. The van der Waals surface area contributed by atoms with Gasteiger partial charge in [-0.3, -0.25) is 14.9 Å². The van der Waals surface area contributed by atoms with E-state index < -0.39 is 0 Å². The number of imide groups is 1. The van der Waals surface area contributed by atoms with Crippen molar-refractivity contribution in [2.45, 2.75) is 13.8 Å². The van der Waals surface area contributed by atoms with Crippen LogP contribution in [0.2, 0.25) is 0 Å². The number of benzene rings is 2. The highest BCUT2D eigenvalue weighted by Crippen LogP contribution is 2.25. The summed E-state index contributed by atoms with van der Waals surface area (Å²) in [5, 5.41) is 4.00. The van der Waals surface area contributed by atoms with E-state index in [0.29, 0.717) is 11.1 Å². The lowest BCUT2D eigenvalue weighted by Crippen LogP contribution is -2.34. The summed E-state index contributed by atoms with van der Waals surface area (Å²) >= 11 is 0. The molecule has 2 amide bonds. The molecule has 1 aliphatic rings. The Morgan fingerprint density at radius 1 is 0.857 bits per heavy atom. The fourth-order valence-electron chi connectivity index (χ4n) is 1.96. The Morgan fingerprint density at radius 3 is 1.67 bits per heavy atom. The number of carbonyl (C=O) groups is 2. The van der Waals surface area contributed by atoms with Gasteiger partial charge >= 0.3 is 0 Å². The molecule has 0 aromatic heterocycles. The molecule has 1 aliphatic heterocycles. The lowest BCUT2D eigenvalue weighted by Gasteiger charge is -2.15. The minimum Gasteiger partial charge on any atom is -0.288 e. The third-order valence-corrected chi connectivity index (χ3v) is 2.79. The van der Waals surface area contributed by atoms with Gasteiger partial charge in [-0.2, -0.15) is 0 Å². The third kappa shape index (κ3) is 3.45. The predicted molar refractivity (Wildman–Crippen MR) is 87.5 cm³/mol. The van der Waals surface area contributed by atoms with Gasteiger partial charge in [0, 0.05) is 16.5 Å². The Hall–Kier alpha value is -2.68. The van der Waals surface area contributed by atoms with Gasteiger partial charge in [0.1, 0.15) is 0 Å². The molecule has 21 heavy (non-hydrogen) atoms. The molecule has 2 aromatic carbocycles. The number of carbonyl (C=O) groups excluding carboxylic acids is 2. The van der Waals surface area contributed by atoms with Crippen LogP contribution in [0.5, 0.6) is 0 Å². The Balaban J connectivity index is 0.000000322. The van der Waals surface area contributed by atoms with Crippen LogP contribution in [-0.2, 0) is 0 Å². The first kappa shape index (κ1) is 16.4. The number of hydrogen-bond donors (Lipinski definition) is 1. The van der Waals surface area contributed by atoms with Crippen molar-refractivity contribution in [2.75, 3.05) is 0 Å². The molecule has 0 saturated carbocycles. The van der Waals surface area contributed by atoms with Crippen molar-refractivity contribution in [2.24, 2.45) is 0 Å². The highest BCUT2D eigenvalue weighted by Gasteiger charge is 2.23. The molecule has 3 rings (SSSR count). The Bertz CT molecular complexity index is 632. The van der Waals surface area contributed by atoms with E-state index in [4.69, 9.17) is 0 Å². The summed E-state index contributed by atoms with van der Waals surface area (Å²) in [4.78, 5) is 23.1. The summed E-state index contributed by atoms with van der Waals surface area (Å²) in [6, 6.07) is 10.9. The van der Waals surface area contributed by atoms with Gasteiger partial charge < -0.3 is 0 Å². The van der Waals surface area contributed by atoms with E-state index in [0.717, 1.165) is 10.8 Å². The molecule has 2 aromatic rings. The Labute approximate surface area is 125 Å². The minimum atomic E-state index is -0.315. The summed E-state index contributed by atoms with van der Waals surface area (Å²) in [7, 11) is 0. The predicted octanol–water partition coefficient (Wildman–Crippen LogP) is 4.11. The number of hydrogen-bond acceptors (Lipinski definition) is 2. The first-order valence-electron chi connectivity index (χ1n) is 6.80. The van der Waals surface area contributed by atoms with Gasteiger partial charge in [0.25, 0.3) is 11.8 Å². The van der Waals surface area contributed by atoms with Gasteiger partial charge in [0.2, 0.25) is 0 Å². The van der Waals surface area contributed by atoms with Crippen molar-refractivity contribution < 1.29 is 9.59 Å². The molecule has 0 radical (unpaired) electrons. The van der Waals surface area contributed by atoms with E-state index in [1.807, 2.05) is 38.1 Å². The van der Waals surface area contributed by atoms with Crippen LogP contribution < -0.4 is 5.32 Å². The summed E-state index contributed by atoms with van der Waals surface area (Å²) < 4.78 is 0. The molecule has 1 N–H and O–H groups in total. The van der Waals surface area contributed by atoms with Crippen molar-refractivity contribution in [3.05, 3.63) is 72.8 Å². The molecule has 0 spiro atoms. The minimum absolute atomic E-state index is 0.315. The van der Waals surface area contributed by atoms with Crippen LogP contribution in [0.15, 0.2) is 61.7 Å². The van der Waals surface area contributed by atoms with Gasteiger partial charge in [-0.25, -0.2) is 0 Å². The van der Waals surface area contributed by atoms with Gasteiger partial charge in [-0.1, -0.05) is 63.4 Å². The van der Waals surface area contributed by atoms with Gasteiger partial charge in [-0.15, -0.1) is 0 Å². The van der Waals surface area contributed by atoms with Gasteiger partial charge in [-0.05, 0) is 17.5 Å². The maximum absolute atomic E-state index is 11.6. The number of allylic oxidation sites excluding steroid dienone is 2. The van der Waals surface area contributed by atoms with Gasteiger partial charge in [0.15, 0.2) is 0 Å². The van der Waals surface area contributed by atoms with Crippen LogP contribution in [0, 0.1) is 0 Å². The number of amides is 2. The van der Waals surface area contributed by atoms with Crippen LogP contribution >= 0.6 is 0 Å². The molecule has 0 aliphatic carbocycles. The summed E-state index contributed by atoms with van der Waals surface area (Å²) in [5.74, 6) is -0.631. The first-order chi connectivity index (χ1) is 10.2. The fourth-order valence-corrected chi connectivity index (χ4v) is 1.96. The molecule has 3 heteroatoms. The van der Waals surface area contributed by atoms with Crippen molar-refractivity contribution in [3.63, 3.8) is 0 Å². The average Bonchev–Trinajstić information content (AvgIpc) is 2.54. The fraction of sp³-hybridized carbons (Fsp3) is 0.111. The quantitative estimate of drug-likeness (QED) is 0.631. The average molecular weight is 281 g/mol. The second-order valence-corrected chi connectivity index (χ2v) is 3.96. The largest absolute Gasteiger partial charge is 0.288 e. The van der Waals surface area contributed by atoms with Crippen LogP contribution in [0.4, 0.5) is 0 Å². The lowest BCUT2D eigenvalue weighted by atomic mass is 9.95. The summed E-state index contributed by atoms with van der Waals surface area (Å²) in [5.41, 5.74) is 1.14. The second-order valence-electron chi connectivity index (χ2n) is 3.96. The third-order valence-electron chi connectivity index (χ3n) is 2.79. The van der Waals surface area contributed by atoms with E-state index in [9.17, 15) is 9.59 Å². The Morgan fingerprint density at radius 2 is 1.29 bits per heavy atom. The number of rotatable bonds is 1. The van der Waals surface area contributed by atoms with E-state index >= 15 is 0 Å². The van der Waals surface area contributed by atoms with Crippen LogP contribution in [-0.4, -0.2) is 11.8 Å². The van der Waals surface area contributed by atoms with E-state index in [2.05, 4.69) is 18.5 Å². The summed E-state index contributed by atoms with van der Waals surface area (Å²) in [6.07, 6.45) is 3.28. The van der Waals surface area contributed by atoms with Gasteiger partial charge in [0.05, 0.1) is 0 Å². The van der Waals surface area contributed by atoms with Crippen molar-refractivity contribution >= 4 is 22.6 Å². The molecule has 108 valence electrons. The molecule has 0 atom stereocenters. The Kier molecular flexibility index (Phi) is 6.08. The van der Waals surface area contributed by atoms with Crippen molar-refractivity contribution in [1.29, 1.82) is 0 Å². The van der Waals surface area contributed by atoms with Crippen molar-refractivity contribution in [3.8, 4) is 0 Å². The molecular weight excluding hydrogens is 262 g/mol. The molecule has 0 bridgehead atoms. The summed E-state index contributed by atoms with van der Waals surface area (Å²) in [6.45, 7) is 10.7. The van der Waals surface area contributed by atoms with E-state index in [1.54, 1.807) is 24.3 Å². The highest BCUT2D eigenvalue weighted by atomic mass is 16.2. The van der Waals surface area contributed by atoms with E-state index in [-0.39, 0.29) is 11.8 Å². The smallest absolute Gasteiger partial charge is 0.258 e. The zero-order chi connectivity index (χ0) is 15.8. The van der Waals surface area contributed by atoms with Crippen LogP contribution in [0.1, 0.15) is 34.6 Å². The van der Waals surface area contributed by atoms with Crippen LogP contribution in [0.3, 0.4) is 0 Å². The zero-order valence-corrected chi connectivity index (χ0v) is 12.3. The molecular formula is C18H19NO2. The molecule has 0 fully saturated rings. The number of nitrogens with one attached hydrogen (secondary N) is 1. The molecule has 1 heterocycles. The van der Waals surface area contributed by atoms with Crippen LogP contribution in [0.25, 0.3) is 10.8 Å². The first-order valence-corrected chi connectivity index (χ1v) is 6.80. The monoisotopic (exact) mass is 281 g/mol. The van der Waals surface area contributed by atoms with Crippen molar-refractivity contribution in [1.82, 2.24) is 5.32 Å². The molecule has 0 saturated heterocycles. The topological polar surface area (TPSA) is 46.2 Å².